The highest BCUT2D eigenvalue weighted by Crippen LogP contribution is 2.44. The van der Waals surface area contributed by atoms with Crippen LogP contribution in [0.3, 0.4) is 0 Å². The summed E-state index contributed by atoms with van der Waals surface area (Å²) in [5.74, 6) is 0.709. The van der Waals surface area contributed by atoms with Gasteiger partial charge in [-0.15, -0.1) is 27.8 Å². The molecule has 0 spiro atoms. The Morgan fingerprint density at radius 3 is 2.44 bits per heavy atom. The van der Waals surface area contributed by atoms with E-state index < -0.39 is 19.9 Å². The number of nitrogens with zero attached hydrogens (tertiary/aromatic N) is 4. The number of phenols is 1. The highest BCUT2D eigenvalue weighted by Gasteiger charge is 2.45. The van der Waals surface area contributed by atoms with Gasteiger partial charge in [-0.05, 0) is 110 Å². The zero-order chi connectivity index (χ0) is 43.8. The number of esters is 1. The smallest absolute Gasteiger partial charge is 0.349 e. The second-order valence-electron chi connectivity index (χ2n) is 17.9. The van der Waals surface area contributed by atoms with E-state index in [-0.39, 0.29) is 35.3 Å². The van der Waals surface area contributed by atoms with E-state index in [0.717, 1.165) is 66.2 Å². The number of carbonyl (C=O) groups is 1. The first-order valence-electron chi connectivity index (χ1n) is 21.2. The van der Waals surface area contributed by atoms with Gasteiger partial charge in [0.15, 0.2) is 19.8 Å². The second-order valence-corrected chi connectivity index (χ2v) is 24.6. The molecule has 4 aromatic heterocycles. The number of aryl methyl sites for hydroxylation is 1. The van der Waals surface area contributed by atoms with Crippen molar-refractivity contribution < 1.29 is 33.6 Å². The van der Waals surface area contributed by atoms with Crippen LogP contribution >= 0.6 is 22.7 Å². The molecule has 1 fully saturated rings. The average molecular weight is 901 g/mol. The van der Waals surface area contributed by atoms with Crippen LogP contribution in [-0.4, -0.2) is 88.5 Å². The topological polar surface area (TPSA) is 173 Å². The highest BCUT2D eigenvalue weighted by molar-refractivity contribution is 7.12. The van der Waals surface area contributed by atoms with E-state index in [1.807, 2.05) is 39.7 Å². The molecule has 0 radical (unpaired) electrons. The number of benzene rings is 2. The van der Waals surface area contributed by atoms with Gasteiger partial charge < -0.3 is 44.1 Å². The third-order valence-electron chi connectivity index (χ3n) is 12.8. The largest absolute Gasteiger partial charge is 0.506 e. The number of phenolic OH excluding ortho intramolecular Hbond substituents is 1. The van der Waals surface area contributed by atoms with Crippen LogP contribution in [0.4, 0.5) is 0 Å². The maximum atomic E-state index is 13.5. The van der Waals surface area contributed by atoms with E-state index in [4.69, 9.17) is 18.6 Å². The standard InChI is InChI=1S/C45H56N6O8S2Si/c1-44(2,3)62(5,6)59-35(31-16-18-34(52)39-32(31)17-19-38(53)47-39)26-46-25-28-24-33-40(42-41(28)56-27-57-42)51(49-48-33)21-9-20-50(4)29-12-14-30(15-13-29)58-43(54)45(55,36-10-7-22-60-36)37-11-8-23-61-37/h7-8,10-11,16-19,22-24,29-30,35,46,52,55H,9,12-15,20-21,25-27H2,1-6H3,(H,47,53)/t29?,30?,35-/m0/s1. The monoisotopic (exact) mass is 900 g/mol. The van der Waals surface area contributed by atoms with E-state index in [0.29, 0.717) is 52.4 Å². The van der Waals surface area contributed by atoms with Crippen molar-refractivity contribution in [3.63, 3.8) is 0 Å². The van der Waals surface area contributed by atoms with Crippen molar-refractivity contribution in [2.45, 2.75) is 108 Å². The van der Waals surface area contributed by atoms with Gasteiger partial charge in [0.2, 0.25) is 18.0 Å². The molecule has 62 heavy (non-hydrogen) atoms. The van der Waals surface area contributed by atoms with Crippen LogP contribution in [0, 0.1) is 0 Å². The molecule has 2 aromatic carbocycles. The van der Waals surface area contributed by atoms with E-state index in [9.17, 15) is 19.8 Å². The maximum absolute atomic E-state index is 13.5. The molecule has 1 saturated carbocycles. The number of hydrogen-bond acceptors (Lipinski definition) is 14. The number of ether oxygens (including phenoxy) is 3. The summed E-state index contributed by atoms with van der Waals surface area (Å²) in [6.45, 7) is 13.5. The van der Waals surface area contributed by atoms with Gasteiger partial charge >= 0.3 is 5.97 Å². The van der Waals surface area contributed by atoms with Crippen LogP contribution in [0.15, 0.2) is 70.2 Å². The van der Waals surface area contributed by atoms with Crippen molar-refractivity contribution in [1.82, 2.24) is 30.2 Å². The lowest BCUT2D eigenvalue weighted by molar-refractivity contribution is -0.169. The van der Waals surface area contributed by atoms with Crippen molar-refractivity contribution in [1.29, 1.82) is 0 Å². The average Bonchev–Trinajstić information content (AvgIpc) is 4.09. The molecule has 5 heterocycles. The minimum absolute atomic E-state index is 0.0109. The number of hydrogen-bond donors (Lipinski definition) is 4. The first kappa shape index (κ1) is 44.0. The number of nitrogens with one attached hydrogen (secondary N) is 2. The minimum atomic E-state index is -2.27. The summed E-state index contributed by atoms with van der Waals surface area (Å²) in [7, 11) is -0.125. The molecule has 6 aromatic rings. The van der Waals surface area contributed by atoms with E-state index in [1.165, 1.54) is 28.7 Å². The number of aromatic nitrogens is 4. The number of carbonyl (C=O) groups excluding carboxylic acids is 1. The Bertz CT molecular complexity index is 2530. The predicted octanol–water partition coefficient (Wildman–Crippen LogP) is 7.80. The summed E-state index contributed by atoms with van der Waals surface area (Å²) in [6, 6.07) is 16.3. The number of aromatic amines is 1. The number of aromatic hydroxyl groups is 1. The summed E-state index contributed by atoms with van der Waals surface area (Å²) in [4.78, 5) is 32.0. The van der Waals surface area contributed by atoms with Crippen molar-refractivity contribution in [3.05, 3.63) is 96.6 Å². The third kappa shape index (κ3) is 8.80. The molecule has 8 rings (SSSR count). The Morgan fingerprint density at radius 2 is 1.76 bits per heavy atom. The van der Waals surface area contributed by atoms with Gasteiger partial charge in [-0.2, -0.15) is 0 Å². The summed E-state index contributed by atoms with van der Waals surface area (Å²) in [6.07, 6.45) is 3.48. The van der Waals surface area contributed by atoms with Crippen LogP contribution in [-0.2, 0) is 32.6 Å². The van der Waals surface area contributed by atoms with Crippen LogP contribution < -0.4 is 20.3 Å². The lowest BCUT2D eigenvalue weighted by Crippen LogP contribution is -2.43. The van der Waals surface area contributed by atoms with Crippen LogP contribution in [0.2, 0.25) is 18.1 Å². The number of fused-ring (bicyclic) bond motifs is 4. The number of rotatable bonds is 16. The van der Waals surface area contributed by atoms with Crippen molar-refractivity contribution >= 4 is 58.9 Å². The van der Waals surface area contributed by atoms with Gasteiger partial charge in [0.05, 0.1) is 21.4 Å². The van der Waals surface area contributed by atoms with Crippen molar-refractivity contribution in [2.24, 2.45) is 0 Å². The Morgan fingerprint density at radius 1 is 1.05 bits per heavy atom. The van der Waals surface area contributed by atoms with Crippen molar-refractivity contribution in [2.75, 3.05) is 26.9 Å². The Labute approximate surface area is 369 Å². The molecule has 1 aliphatic carbocycles. The maximum Gasteiger partial charge on any atom is 0.349 e. The SMILES string of the molecule is CN(CCCn1nnc2cc(CNC[C@H](O[Si](C)(C)C(C)(C)C)c3ccc(O)c4[nH]c(=O)ccc34)c3c(c21)OCO3)C1CCC(OC(=O)C(O)(c2cccs2)c2cccs2)CC1. The van der Waals surface area contributed by atoms with E-state index in [2.05, 4.69) is 66.4 Å². The molecule has 14 nitrogen and oxygen atoms in total. The quantitative estimate of drug-likeness (QED) is 0.0550. The van der Waals surface area contributed by atoms with Gasteiger partial charge in [-0.25, -0.2) is 9.48 Å². The predicted molar refractivity (Wildman–Crippen MR) is 244 cm³/mol. The third-order valence-corrected chi connectivity index (χ3v) is 19.2. The van der Waals surface area contributed by atoms with Gasteiger partial charge in [0, 0.05) is 42.7 Å². The fourth-order valence-electron chi connectivity index (χ4n) is 8.28. The van der Waals surface area contributed by atoms with Gasteiger partial charge in [-0.3, -0.25) is 4.79 Å². The molecule has 1 atom stereocenters. The lowest BCUT2D eigenvalue weighted by atomic mass is 9.91. The molecule has 0 bridgehead atoms. The zero-order valence-electron chi connectivity index (χ0n) is 36.1. The summed E-state index contributed by atoms with van der Waals surface area (Å²) in [5, 5.41) is 39.3. The molecule has 330 valence electrons. The molecule has 1 aliphatic heterocycles. The summed E-state index contributed by atoms with van der Waals surface area (Å²) in [5.41, 5.74) is 1.61. The summed E-state index contributed by atoms with van der Waals surface area (Å²) >= 11 is 2.70. The zero-order valence-corrected chi connectivity index (χ0v) is 38.7. The van der Waals surface area contributed by atoms with Gasteiger partial charge in [0.25, 0.3) is 0 Å². The van der Waals surface area contributed by atoms with Crippen LogP contribution in [0.25, 0.3) is 21.9 Å². The second kappa shape index (κ2) is 17.9. The fraction of sp³-hybridized carbons (Fsp3) is 0.467. The Balaban J connectivity index is 0.886. The van der Waals surface area contributed by atoms with Gasteiger partial charge in [0.1, 0.15) is 22.9 Å². The number of H-pyrrole nitrogens is 1. The normalized spacial score (nSPS) is 17.6. The molecular formula is C45H56N6O8S2Si. The Hall–Kier alpha value is -4.62. The molecule has 17 heteroatoms. The first-order valence-corrected chi connectivity index (χ1v) is 25.9. The highest BCUT2D eigenvalue weighted by atomic mass is 32.1. The number of pyridine rings is 1. The van der Waals surface area contributed by atoms with Crippen molar-refractivity contribution in [3.8, 4) is 17.2 Å². The first-order chi connectivity index (χ1) is 29.6. The van der Waals surface area contributed by atoms with E-state index in [1.54, 1.807) is 24.3 Å². The molecular weight excluding hydrogens is 845 g/mol. The molecule has 2 aliphatic rings. The Kier molecular flexibility index (Phi) is 12.7. The lowest BCUT2D eigenvalue weighted by Gasteiger charge is -2.39. The molecule has 0 amide bonds. The minimum Gasteiger partial charge on any atom is -0.506 e. The fourth-order valence-corrected chi connectivity index (χ4v) is 11.3. The molecule has 0 saturated heterocycles. The van der Waals surface area contributed by atoms with E-state index >= 15 is 0 Å². The molecule has 0 unspecified atom stereocenters. The van der Waals surface area contributed by atoms with Gasteiger partial charge in [-0.1, -0.05) is 44.2 Å². The van der Waals surface area contributed by atoms with Crippen LogP contribution in [0.5, 0.6) is 17.2 Å². The molecule has 4 N–H and O–H groups in total. The summed E-state index contributed by atoms with van der Waals surface area (Å²) < 4.78 is 27.0. The number of aliphatic hydroxyl groups is 1. The van der Waals surface area contributed by atoms with Crippen LogP contribution in [0.1, 0.15) is 79.9 Å². The number of thiophene rings is 2.